The van der Waals surface area contributed by atoms with E-state index < -0.39 is 11.6 Å². The van der Waals surface area contributed by atoms with Gasteiger partial charge in [0, 0.05) is 6.07 Å². The zero-order valence-electron chi connectivity index (χ0n) is 13.1. The Morgan fingerprint density at radius 1 is 0.957 bits per heavy atom. The summed E-state index contributed by atoms with van der Waals surface area (Å²) in [6, 6.07) is 11.6. The average molecular weight is 318 g/mol. The van der Waals surface area contributed by atoms with Crippen LogP contribution in [0.3, 0.4) is 0 Å². The summed E-state index contributed by atoms with van der Waals surface area (Å²) in [6.07, 6.45) is 3.54. The molecule has 23 heavy (non-hydrogen) atoms. The summed E-state index contributed by atoms with van der Waals surface area (Å²) >= 11 is 0. The fourth-order valence-electron chi connectivity index (χ4n) is 2.43. The fraction of sp³-hybridized carbons (Fsp3) is 0.316. The molecule has 0 fully saturated rings. The number of hydrogen-bond donors (Lipinski definition) is 0. The number of aryl methyl sites for hydroxylation is 2. The van der Waals surface area contributed by atoms with E-state index in [1.165, 1.54) is 24.8 Å². The van der Waals surface area contributed by atoms with E-state index in [2.05, 4.69) is 4.74 Å². The van der Waals surface area contributed by atoms with Gasteiger partial charge in [-0.3, -0.25) is 4.79 Å². The zero-order valence-corrected chi connectivity index (χ0v) is 13.1. The Kier molecular flexibility index (Phi) is 6.27. The molecule has 2 aromatic rings. The number of ether oxygens (including phenoxy) is 1. The molecule has 0 aliphatic rings. The van der Waals surface area contributed by atoms with Gasteiger partial charge >= 0.3 is 5.97 Å². The fourth-order valence-corrected chi connectivity index (χ4v) is 2.43. The van der Waals surface area contributed by atoms with Gasteiger partial charge in [-0.15, -0.1) is 0 Å². The number of carbonyl (C=O) groups excluding carboxylic acids is 1. The van der Waals surface area contributed by atoms with E-state index in [1.54, 1.807) is 0 Å². The molecule has 2 nitrogen and oxygen atoms in total. The minimum atomic E-state index is -0.543. The van der Waals surface area contributed by atoms with Gasteiger partial charge in [0.2, 0.25) is 0 Å². The summed E-state index contributed by atoms with van der Waals surface area (Å²) in [6.45, 7) is 0. The van der Waals surface area contributed by atoms with Crippen LogP contribution in [-0.4, -0.2) is 13.1 Å². The average Bonchev–Trinajstić information content (AvgIpc) is 2.54. The van der Waals surface area contributed by atoms with Crippen molar-refractivity contribution in [2.75, 3.05) is 7.11 Å². The molecule has 0 radical (unpaired) electrons. The number of methoxy groups -OCH3 is 1. The Morgan fingerprint density at radius 2 is 1.61 bits per heavy atom. The van der Waals surface area contributed by atoms with Gasteiger partial charge in [0.25, 0.3) is 0 Å². The molecular weight excluding hydrogens is 298 g/mol. The van der Waals surface area contributed by atoms with Crippen LogP contribution in [0.2, 0.25) is 0 Å². The lowest BCUT2D eigenvalue weighted by atomic mass is 10.0. The van der Waals surface area contributed by atoms with Gasteiger partial charge in [0.05, 0.1) is 13.5 Å². The van der Waals surface area contributed by atoms with E-state index in [0.29, 0.717) is 12.0 Å². The van der Waals surface area contributed by atoms with Gasteiger partial charge in [-0.1, -0.05) is 30.3 Å². The topological polar surface area (TPSA) is 26.3 Å². The highest BCUT2D eigenvalue weighted by molar-refractivity contribution is 5.72. The highest BCUT2D eigenvalue weighted by atomic mass is 19.1. The Balaban J connectivity index is 1.76. The van der Waals surface area contributed by atoms with Crippen molar-refractivity contribution in [2.45, 2.75) is 32.1 Å². The minimum absolute atomic E-state index is 0.251. The molecule has 0 aliphatic heterocycles. The van der Waals surface area contributed by atoms with Gasteiger partial charge in [-0.25, -0.2) is 8.78 Å². The summed E-state index contributed by atoms with van der Waals surface area (Å²) in [5.41, 5.74) is 2.66. The predicted molar refractivity (Wildman–Crippen MR) is 85.2 cm³/mol. The number of carbonyl (C=O) groups is 1. The first-order chi connectivity index (χ1) is 11.1. The largest absolute Gasteiger partial charge is 0.469 e. The lowest BCUT2D eigenvalue weighted by Gasteiger charge is -2.05. The predicted octanol–water partition coefficient (Wildman–Crippen LogP) is 4.25. The lowest BCUT2D eigenvalue weighted by molar-refractivity contribution is -0.139. The van der Waals surface area contributed by atoms with E-state index in [0.717, 1.165) is 30.9 Å². The Bertz CT molecular complexity index is 651. The van der Waals surface area contributed by atoms with E-state index >= 15 is 0 Å². The number of halogens is 2. The SMILES string of the molecule is COC(=O)Cc1ccc(CCCCc2ccc(F)cc2F)cc1. The maximum absolute atomic E-state index is 13.5. The van der Waals surface area contributed by atoms with Crippen molar-refractivity contribution in [3.8, 4) is 0 Å². The van der Waals surface area contributed by atoms with E-state index in [9.17, 15) is 13.6 Å². The van der Waals surface area contributed by atoms with Crippen LogP contribution in [0.4, 0.5) is 8.78 Å². The van der Waals surface area contributed by atoms with E-state index in [1.807, 2.05) is 24.3 Å². The molecule has 0 saturated heterocycles. The second-order valence-electron chi connectivity index (χ2n) is 5.51. The van der Waals surface area contributed by atoms with Crippen LogP contribution >= 0.6 is 0 Å². The lowest BCUT2D eigenvalue weighted by Crippen LogP contribution is -2.04. The molecular formula is C19H20F2O2. The maximum Gasteiger partial charge on any atom is 0.309 e. The number of rotatable bonds is 7. The monoisotopic (exact) mass is 318 g/mol. The number of unbranched alkanes of at least 4 members (excludes halogenated alkanes) is 1. The molecule has 0 aromatic heterocycles. The maximum atomic E-state index is 13.5. The Hall–Kier alpha value is -2.23. The van der Waals surface area contributed by atoms with Gasteiger partial charge in [-0.2, -0.15) is 0 Å². The summed E-state index contributed by atoms with van der Waals surface area (Å²) in [5.74, 6) is -1.27. The first-order valence-electron chi connectivity index (χ1n) is 7.67. The van der Waals surface area contributed by atoms with Gasteiger partial charge in [0.15, 0.2) is 0 Å². The normalized spacial score (nSPS) is 10.6. The molecule has 0 atom stereocenters. The second kappa shape index (κ2) is 8.42. The van der Waals surface area contributed by atoms with Gasteiger partial charge in [-0.05, 0) is 48.4 Å². The number of hydrogen-bond acceptors (Lipinski definition) is 2. The van der Waals surface area contributed by atoms with Crippen LogP contribution in [0, 0.1) is 11.6 Å². The zero-order chi connectivity index (χ0) is 16.7. The summed E-state index contributed by atoms with van der Waals surface area (Å²) < 4.78 is 31.0. The third-order valence-electron chi connectivity index (χ3n) is 3.78. The Morgan fingerprint density at radius 3 is 2.26 bits per heavy atom. The number of esters is 1. The molecule has 2 rings (SSSR count). The van der Waals surface area contributed by atoms with Gasteiger partial charge in [0.1, 0.15) is 11.6 Å². The van der Waals surface area contributed by atoms with Crippen LogP contribution in [0.25, 0.3) is 0 Å². The molecule has 0 aliphatic carbocycles. The van der Waals surface area contributed by atoms with E-state index in [4.69, 9.17) is 0 Å². The van der Waals surface area contributed by atoms with Crippen molar-refractivity contribution in [2.24, 2.45) is 0 Å². The van der Waals surface area contributed by atoms with E-state index in [-0.39, 0.29) is 12.4 Å². The van der Waals surface area contributed by atoms with Crippen molar-refractivity contribution in [3.63, 3.8) is 0 Å². The Labute approximate surface area is 135 Å². The van der Waals surface area contributed by atoms with Crippen molar-refractivity contribution in [3.05, 3.63) is 70.8 Å². The van der Waals surface area contributed by atoms with Crippen molar-refractivity contribution in [1.82, 2.24) is 0 Å². The molecule has 0 bridgehead atoms. The summed E-state index contributed by atoms with van der Waals surface area (Å²) in [5, 5.41) is 0. The summed E-state index contributed by atoms with van der Waals surface area (Å²) in [4.78, 5) is 11.2. The molecule has 0 amide bonds. The van der Waals surface area contributed by atoms with Crippen molar-refractivity contribution >= 4 is 5.97 Å². The van der Waals surface area contributed by atoms with Crippen LogP contribution in [0.15, 0.2) is 42.5 Å². The highest BCUT2D eigenvalue weighted by Crippen LogP contribution is 2.14. The third kappa shape index (κ3) is 5.47. The first-order valence-corrected chi connectivity index (χ1v) is 7.67. The van der Waals surface area contributed by atoms with Crippen molar-refractivity contribution < 1.29 is 18.3 Å². The van der Waals surface area contributed by atoms with Crippen LogP contribution in [0.1, 0.15) is 29.5 Å². The quantitative estimate of drug-likeness (QED) is 0.563. The standard InChI is InChI=1S/C19H20F2O2/c1-23-19(22)12-15-8-6-14(7-9-15)4-2-3-5-16-10-11-17(20)13-18(16)21/h6-11,13H,2-5,12H2,1H3. The first kappa shape index (κ1) is 17.1. The van der Waals surface area contributed by atoms with Gasteiger partial charge < -0.3 is 4.74 Å². The smallest absolute Gasteiger partial charge is 0.309 e. The molecule has 0 heterocycles. The molecule has 0 spiro atoms. The van der Waals surface area contributed by atoms with Crippen LogP contribution in [-0.2, 0) is 28.8 Å². The molecule has 0 saturated carbocycles. The van der Waals surface area contributed by atoms with Crippen LogP contribution < -0.4 is 0 Å². The van der Waals surface area contributed by atoms with Crippen LogP contribution in [0.5, 0.6) is 0 Å². The molecule has 122 valence electrons. The van der Waals surface area contributed by atoms with Crippen molar-refractivity contribution in [1.29, 1.82) is 0 Å². The second-order valence-corrected chi connectivity index (χ2v) is 5.51. The molecule has 0 N–H and O–H groups in total. The molecule has 0 unspecified atom stereocenters. The highest BCUT2D eigenvalue weighted by Gasteiger charge is 2.05. The third-order valence-corrected chi connectivity index (χ3v) is 3.78. The molecule has 4 heteroatoms. The molecule has 2 aromatic carbocycles. The number of benzene rings is 2. The minimum Gasteiger partial charge on any atom is -0.469 e. The summed E-state index contributed by atoms with van der Waals surface area (Å²) in [7, 11) is 1.38.